The van der Waals surface area contributed by atoms with Gasteiger partial charge in [-0.2, -0.15) is 4.31 Å². The minimum absolute atomic E-state index is 0.0243. The van der Waals surface area contributed by atoms with Crippen LogP contribution in [0.2, 0.25) is 0 Å². The second kappa shape index (κ2) is 6.23. The zero-order valence-corrected chi connectivity index (χ0v) is 15.2. The van der Waals surface area contributed by atoms with Crippen molar-refractivity contribution in [3.63, 3.8) is 0 Å². The minimum atomic E-state index is -3.76. The van der Waals surface area contributed by atoms with Crippen LogP contribution < -0.4 is 5.73 Å². The smallest absolute Gasteiger partial charge is 0.310 e. The first kappa shape index (κ1) is 16.7. The molecule has 0 amide bonds. The Bertz CT molecular complexity index is 655. The molecule has 0 aromatic heterocycles. The molecule has 1 aliphatic rings. The number of esters is 1. The molecule has 1 heterocycles. The van der Waals surface area contributed by atoms with Crippen LogP contribution >= 0.6 is 31.9 Å². The molecule has 21 heavy (non-hydrogen) atoms. The number of carbonyl (C=O) groups is 1. The van der Waals surface area contributed by atoms with Crippen LogP contribution in [0.5, 0.6) is 0 Å². The van der Waals surface area contributed by atoms with Crippen molar-refractivity contribution in [2.75, 3.05) is 25.9 Å². The van der Waals surface area contributed by atoms with Crippen molar-refractivity contribution in [3.05, 3.63) is 21.1 Å². The number of sulfonamides is 1. The van der Waals surface area contributed by atoms with Gasteiger partial charge >= 0.3 is 5.97 Å². The van der Waals surface area contributed by atoms with Crippen LogP contribution in [0.1, 0.15) is 6.42 Å². The summed E-state index contributed by atoms with van der Waals surface area (Å²) in [5, 5.41) is 0. The molecule has 1 atom stereocenters. The van der Waals surface area contributed by atoms with Gasteiger partial charge in [0.25, 0.3) is 0 Å². The van der Waals surface area contributed by atoms with Crippen molar-refractivity contribution in [2.45, 2.75) is 11.3 Å². The van der Waals surface area contributed by atoms with E-state index in [1.54, 1.807) is 6.07 Å². The van der Waals surface area contributed by atoms with Gasteiger partial charge in [-0.3, -0.25) is 4.79 Å². The monoisotopic (exact) mass is 440 g/mol. The Balaban J connectivity index is 2.34. The van der Waals surface area contributed by atoms with E-state index < -0.39 is 21.9 Å². The molecule has 1 aromatic carbocycles. The second-order valence-corrected chi connectivity index (χ2v) is 8.32. The van der Waals surface area contributed by atoms with Crippen LogP contribution in [-0.4, -0.2) is 38.9 Å². The molecule has 0 radical (unpaired) electrons. The van der Waals surface area contributed by atoms with Crippen molar-refractivity contribution in [1.29, 1.82) is 0 Å². The normalized spacial score (nSPS) is 19.7. The van der Waals surface area contributed by atoms with E-state index in [2.05, 4.69) is 36.6 Å². The number of methoxy groups -OCH3 is 1. The lowest BCUT2D eigenvalue weighted by atomic mass is 10.1. The van der Waals surface area contributed by atoms with Crippen molar-refractivity contribution in [2.24, 2.45) is 5.92 Å². The summed E-state index contributed by atoms with van der Waals surface area (Å²) in [6, 6.07) is 3.16. The van der Waals surface area contributed by atoms with Crippen molar-refractivity contribution in [1.82, 2.24) is 4.31 Å². The van der Waals surface area contributed by atoms with Crippen LogP contribution in [0.4, 0.5) is 5.69 Å². The number of hydrogen-bond donors (Lipinski definition) is 1. The van der Waals surface area contributed by atoms with Crippen LogP contribution in [-0.2, 0) is 19.6 Å². The first-order valence-electron chi connectivity index (χ1n) is 6.10. The highest BCUT2D eigenvalue weighted by Gasteiger charge is 2.38. The molecule has 1 saturated heterocycles. The Hall–Kier alpha value is -0.640. The lowest BCUT2D eigenvalue weighted by molar-refractivity contribution is -0.144. The maximum absolute atomic E-state index is 12.7. The number of anilines is 1. The maximum atomic E-state index is 12.7. The standard InChI is InChI=1S/C12H14Br2N2O4S/c1-20-12(17)7-2-3-16(6-7)21(18,19)11-9(14)4-8(13)5-10(11)15/h4-5,7H,2-3,6,15H2,1H3. The van der Waals surface area contributed by atoms with Gasteiger partial charge < -0.3 is 10.5 Å². The number of nitrogens with two attached hydrogens (primary N) is 1. The Kier molecular flexibility index (Phi) is 4.96. The number of benzene rings is 1. The first-order chi connectivity index (χ1) is 9.77. The molecule has 1 aromatic rings. The quantitative estimate of drug-likeness (QED) is 0.572. The average Bonchev–Trinajstić information content (AvgIpc) is 2.86. The number of hydrogen-bond acceptors (Lipinski definition) is 5. The predicted molar refractivity (Wildman–Crippen MR) is 85.1 cm³/mol. The third-order valence-corrected chi connectivity index (χ3v) is 6.65. The number of carbonyl (C=O) groups excluding carboxylic acids is 1. The topological polar surface area (TPSA) is 89.7 Å². The summed E-state index contributed by atoms with van der Waals surface area (Å²) in [4.78, 5) is 11.5. The Morgan fingerprint density at radius 3 is 2.67 bits per heavy atom. The van der Waals surface area contributed by atoms with E-state index in [-0.39, 0.29) is 23.7 Å². The molecule has 0 saturated carbocycles. The maximum Gasteiger partial charge on any atom is 0.310 e. The third kappa shape index (κ3) is 3.25. The highest BCUT2D eigenvalue weighted by Crippen LogP contribution is 2.35. The molecule has 9 heteroatoms. The number of halogens is 2. The van der Waals surface area contributed by atoms with Gasteiger partial charge in [-0.05, 0) is 34.5 Å². The Morgan fingerprint density at radius 1 is 1.43 bits per heavy atom. The van der Waals surface area contributed by atoms with Crippen LogP contribution in [0, 0.1) is 5.92 Å². The molecular weight excluding hydrogens is 428 g/mol. The van der Waals surface area contributed by atoms with E-state index in [9.17, 15) is 13.2 Å². The lowest BCUT2D eigenvalue weighted by Crippen LogP contribution is -2.31. The zero-order valence-electron chi connectivity index (χ0n) is 11.2. The summed E-state index contributed by atoms with van der Waals surface area (Å²) in [6.45, 7) is 0.376. The van der Waals surface area contributed by atoms with Gasteiger partial charge in [-0.1, -0.05) is 15.9 Å². The fourth-order valence-electron chi connectivity index (χ4n) is 2.29. The number of nitrogens with zero attached hydrogens (tertiary/aromatic N) is 1. The van der Waals surface area contributed by atoms with Crippen molar-refractivity contribution < 1.29 is 17.9 Å². The summed E-state index contributed by atoms with van der Waals surface area (Å²) < 4.78 is 32.4. The molecular formula is C12H14Br2N2O4S. The second-order valence-electron chi connectivity index (χ2n) is 4.68. The highest BCUT2D eigenvalue weighted by molar-refractivity contribution is 9.11. The number of ether oxygens (including phenoxy) is 1. The third-order valence-electron chi connectivity index (χ3n) is 3.32. The molecule has 2 rings (SSSR count). The van der Waals surface area contributed by atoms with E-state index in [0.717, 1.165) is 0 Å². The zero-order chi connectivity index (χ0) is 15.8. The summed E-state index contributed by atoms with van der Waals surface area (Å²) in [6.07, 6.45) is 0.444. The molecule has 1 unspecified atom stereocenters. The number of nitrogen functional groups attached to an aromatic ring is 1. The molecule has 2 N–H and O–H groups in total. The van der Waals surface area contributed by atoms with Gasteiger partial charge in [0.2, 0.25) is 10.0 Å². The summed E-state index contributed by atoms with van der Waals surface area (Å²) in [5.41, 5.74) is 5.99. The SMILES string of the molecule is COC(=O)C1CCN(S(=O)(=O)c2c(N)cc(Br)cc2Br)C1. The van der Waals surface area contributed by atoms with E-state index in [1.807, 2.05) is 0 Å². The molecule has 6 nitrogen and oxygen atoms in total. The molecule has 116 valence electrons. The Morgan fingerprint density at radius 2 is 2.10 bits per heavy atom. The van der Waals surface area contributed by atoms with Gasteiger partial charge in [-0.15, -0.1) is 0 Å². The fourth-order valence-corrected chi connectivity index (χ4v) is 5.80. The molecule has 1 fully saturated rings. The molecule has 0 spiro atoms. The van der Waals surface area contributed by atoms with Gasteiger partial charge in [0.15, 0.2) is 0 Å². The van der Waals surface area contributed by atoms with E-state index in [0.29, 0.717) is 15.4 Å². The van der Waals surface area contributed by atoms with Gasteiger partial charge in [0.05, 0.1) is 18.7 Å². The van der Waals surface area contributed by atoms with Crippen LogP contribution in [0.25, 0.3) is 0 Å². The lowest BCUT2D eigenvalue weighted by Gasteiger charge is -2.18. The predicted octanol–water partition coefficient (Wildman–Crippen LogP) is 1.98. The molecule has 1 aliphatic heterocycles. The van der Waals surface area contributed by atoms with Gasteiger partial charge in [0, 0.05) is 22.0 Å². The van der Waals surface area contributed by atoms with Gasteiger partial charge in [0.1, 0.15) is 4.90 Å². The Labute approximate surface area is 139 Å². The van der Waals surface area contributed by atoms with Crippen LogP contribution in [0.15, 0.2) is 26.0 Å². The van der Waals surface area contributed by atoms with E-state index in [1.165, 1.54) is 17.5 Å². The van der Waals surface area contributed by atoms with Crippen LogP contribution in [0.3, 0.4) is 0 Å². The summed E-state index contributed by atoms with van der Waals surface area (Å²) in [7, 11) is -2.46. The van der Waals surface area contributed by atoms with E-state index in [4.69, 9.17) is 5.73 Å². The van der Waals surface area contributed by atoms with Gasteiger partial charge in [-0.25, -0.2) is 8.42 Å². The molecule has 0 aliphatic carbocycles. The van der Waals surface area contributed by atoms with Crippen molar-refractivity contribution in [3.8, 4) is 0 Å². The summed E-state index contributed by atoms with van der Waals surface area (Å²) in [5.74, 6) is -0.823. The average molecular weight is 442 g/mol. The molecule has 0 bridgehead atoms. The minimum Gasteiger partial charge on any atom is -0.469 e. The largest absolute Gasteiger partial charge is 0.469 e. The first-order valence-corrected chi connectivity index (χ1v) is 9.12. The summed E-state index contributed by atoms with van der Waals surface area (Å²) >= 11 is 6.49. The highest BCUT2D eigenvalue weighted by atomic mass is 79.9. The fraction of sp³-hybridized carbons (Fsp3) is 0.417. The van der Waals surface area contributed by atoms with E-state index >= 15 is 0 Å². The van der Waals surface area contributed by atoms with Crippen molar-refractivity contribution >= 4 is 53.5 Å². The number of rotatable bonds is 3.